The molecule has 0 aliphatic rings. The molecule has 1 N–H and O–H groups in total. The SMILES string of the molecule is CC(Cc1ccccc1F)NC(=O)N(C)CCOc1cccc(Cl)c1. The van der Waals surface area contributed by atoms with Gasteiger partial charge in [0.15, 0.2) is 0 Å². The number of hydrogen-bond donors (Lipinski definition) is 1. The number of nitrogens with one attached hydrogen (secondary N) is 1. The summed E-state index contributed by atoms with van der Waals surface area (Å²) in [6, 6.07) is 13.3. The smallest absolute Gasteiger partial charge is 0.317 e. The van der Waals surface area contributed by atoms with Crippen LogP contribution in [-0.4, -0.2) is 37.2 Å². The summed E-state index contributed by atoms with van der Waals surface area (Å²) in [5, 5.41) is 3.46. The van der Waals surface area contributed by atoms with Crippen LogP contribution in [0.1, 0.15) is 12.5 Å². The fourth-order valence-electron chi connectivity index (χ4n) is 2.32. The number of urea groups is 1. The van der Waals surface area contributed by atoms with Gasteiger partial charge in [-0.05, 0) is 43.2 Å². The molecule has 0 aliphatic carbocycles. The van der Waals surface area contributed by atoms with Crippen LogP contribution in [0.4, 0.5) is 9.18 Å². The van der Waals surface area contributed by atoms with Gasteiger partial charge in [-0.3, -0.25) is 0 Å². The lowest BCUT2D eigenvalue weighted by atomic mass is 10.1. The molecule has 0 saturated carbocycles. The van der Waals surface area contributed by atoms with Crippen LogP contribution in [0.25, 0.3) is 0 Å². The van der Waals surface area contributed by atoms with Crippen LogP contribution in [0.15, 0.2) is 48.5 Å². The van der Waals surface area contributed by atoms with Crippen molar-refractivity contribution in [2.75, 3.05) is 20.2 Å². The van der Waals surface area contributed by atoms with Crippen molar-refractivity contribution in [3.63, 3.8) is 0 Å². The van der Waals surface area contributed by atoms with Crippen molar-refractivity contribution in [1.29, 1.82) is 0 Å². The van der Waals surface area contributed by atoms with Gasteiger partial charge in [-0.25, -0.2) is 9.18 Å². The molecule has 0 heterocycles. The van der Waals surface area contributed by atoms with Gasteiger partial charge in [-0.1, -0.05) is 35.9 Å². The Bertz CT molecular complexity index is 711. The highest BCUT2D eigenvalue weighted by Gasteiger charge is 2.13. The highest BCUT2D eigenvalue weighted by molar-refractivity contribution is 6.30. The molecule has 0 fully saturated rings. The summed E-state index contributed by atoms with van der Waals surface area (Å²) < 4.78 is 19.2. The number of amides is 2. The molecule has 0 aromatic heterocycles. The Balaban J connectivity index is 1.75. The number of carbonyl (C=O) groups excluding carboxylic acids is 1. The van der Waals surface area contributed by atoms with Crippen molar-refractivity contribution in [3.8, 4) is 5.75 Å². The fraction of sp³-hybridized carbons (Fsp3) is 0.316. The minimum absolute atomic E-state index is 0.180. The summed E-state index contributed by atoms with van der Waals surface area (Å²) in [6.07, 6.45) is 0.436. The second-order valence-corrected chi connectivity index (χ2v) is 6.31. The number of rotatable bonds is 7. The zero-order valence-corrected chi connectivity index (χ0v) is 15.1. The van der Waals surface area contributed by atoms with E-state index in [0.29, 0.717) is 35.9 Å². The molecule has 2 rings (SSSR count). The van der Waals surface area contributed by atoms with Gasteiger partial charge < -0.3 is 15.0 Å². The first-order valence-corrected chi connectivity index (χ1v) is 8.47. The number of halogens is 2. The van der Waals surface area contributed by atoms with Crippen molar-refractivity contribution < 1.29 is 13.9 Å². The maximum atomic E-state index is 13.7. The molecule has 0 spiro atoms. The van der Waals surface area contributed by atoms with E-state index in [1.165, 1.54) is 11.0 Å². The number of benzene rings is 2. The average molecular weight is 365 g/mol. The van der Waals surface area contributed by atoms with E-state index in [-0.39, 0.29) is 17.9 Å². The van der Waals surface area contributed by atoms with Crippen LogP contribution in [0.3, 0.4) is 0 Å². The molecule has 4 nitrogen and oxygen atoms in total. The van der Waals surface area contributed by atoms with Crippen molar-refractivity contribution in [2.45, 2.75) is 19.4 Å². The minimum atomic E-state index is -0.258. The number of hydrogen-bond acceptors (Lipinski definition) is 2. The molecule has 1 unspecified atom stereocenters. The lowest BCUT2D eigenvalue weighted by molar-refractivity contribution is 0.192. The van der Waals surface area contributed by atoms with Crippen molar-refractivity contribution in [2.24, 2.45) is 0 Å². The third kappa shape index (κ3) is 6.27. The van der Waals surface area contributed by atoms with Crippen molar-refractivity contribution in [3.05, 3.63) is 64.9 Å². The quantitative estimate of drug-likeness (QED) is 0.802. The maximum absolute atomic E-state index is 13.7. The van der Waals surface area contributed by atoms with Crippen LogP contribution in [0.2, 0.25) is 5.02 Å². The Kier molecular flexibility index (Phi) is 7.07. The van der Waals surface area contributed by atoms with Crippen LogP contribution in [0.5, 0.6) is 5.75 Å². The number of carbonyl (C=O) groups is 1. The molecular weight excluding hydrogens is 343 g/mol. The topological polar surface area (TPSA) is 41.6 Å². The first-order chi connectivity index (χ1) is 12.0. The summed E-state index contributed by atoms with van der Waals surface area (Å²) in [4.78, 5) is 13.7. The minimum Gasteiger partial charge on any atom is -0.492 e. The Labute approximate surface area is 152 Å². The highest BCUT2D eigenvalue weighted by atomic mass is 35.5. The predicted molar refractivity (Wildman–Crippen MR) is 97.7 cm³/mol. The Morgan fingerprint density at radius 2 is 2.04 bits per heavy atom. The molecule has 1 atom stereocenters. The maximum Gasteiger partial charge on any atom is 0.317 e. The van der Waals surface area contributed by atoms with E-state index in [1.54, 1.807) is 43.4 Å². The van der Waals surface area contributed by atoms with E-state index in [4.69, 9.17) is 16.3 Å². The molecule has 25 heavy (non-hydrogen) atoms. The average Bonchev–Trinajstić information content (AvgIpc) is 2.57. The van der Waals surface area contributed by atoms with Crippen LogP contribution < -0.4 is 10.1 Å². The molecule has 0 aliphatic heterocycles. The predicted octanol–water partition coefficient (Wildman–Crippen LogP) is 4.13. The third-order valence-electron chi connectivity index (χ3n) is 3.69. The summed E-state index contributed by atoms with van der Waals surface area (Å²) in [7, 11) is 1.69. The first-order valence-electron chi connectivity index (χ1n) is 8.09. The van der Waals surface area contributed by atoms with E-state index < -0.39 is 0 Å². The Hall–Kier alpha value is -2.27. The highest BCUT2D eigenvalue weighted by Crippen LogP contribution is 2.16. The molecule has 2 aromatic carbocycles. The van der Waals surface area contributed by atoms with E-state index in [2.05, 4.69) is 5.32 Å². The van der Waals surface area contributed by atoms with E-state index in [9.17, 15) is 9.18 Å². The monoisotopic (exact) mass is 364 g/mol. The van der Waals surface area contributed by atoms with E-state index in [0.717, 1.165) is 0 Å². The zero-order valence-electron chi connectivity index (χ0n) is 14.3. The van der Waals surface area contributed by atoms with E-state index >= 15 is 0 Å². The van der Waals surface area contributed by atoms with Gasteiger partial charge in [0, 0.05) is 18.1 Å². The molecule has 6 heteroatoms. The molecule has 134 valence electrons. The van der Waals surface area contributed by atoms with Crippen molar-refractivity contribution in [1.82, 2.24) is 10.2 Å². The van der Waals surface area contributed by atoms with Gasteiger partial charge in [-0.15, -0.1) is 0 Å². The van der Waals surface area contributed by atoms with Gasteiger partial charge in [0.1, 0.15) is 18.2 Å². The van der Waals surface area contributed by atoms with Gasteiger partial charge in [0.2, 0.25) is 0 Å². The van der Waals surface area contributed by atoms with Crippen LogP contribution in [-0.2, 0) is 6.42 Å². The zero-order chi connectivity index (χ0) is 18.2. The van der Waals surface area contributed by atoms with Gasteiger partial charge >= 0.3 is 6.03 Å². The Morgan fingerprint density at radius 1 is 1.28 bits per heavy atom. The fourth-order valence-corrected chi connectivity index (χ4v) is 2.50. The number of nitrogens with zero attached hydrogens (tertiary/aromatic N) is 1. The standard InChI is InChI=1S/C19H22ClFN2O2/c1-14(12-15-6-3-4-9-18(15)21)22-19(24)23(2)10-11-25-17-8-5-7-16(20)13-17/h3-9,13-14H,10-12H2,1-2H3,(H,22,24). The number of ether oxygens (including phenoxy) is 1. The third-order valence-corrected chi connectivity index (χ3v) is 3.93. The summed E-state index contributed by atoms with van der Waals surface area (Å²) >= 11 is 5.89. The molecule has 0 radical (unpaired) electrons. The van der Waals surface area contributed by atoms with Gasteiger partial charge in [0.05, 0.1) is 6.54 Å². The summed E-state index contributed by atoms with van der Waals surface area (Å²) in [5.74, 6) is 0.404. The number of likely N-dealkylation sites (N-methyl/N-ethyl adjacent to an activating group) is 1. The molecule has 0 saturated heterocycles. The summed E-state index contributed by atoms with van der Waals surface area (Å²) in [5.41, 5.74) is 0.585. The second-order valence-electron chi connectivity index (χ2n) is 5.87. The normalized spacial score (nSPS) is 11.7. The van der Waals surface area contributed by atoms with Crippen LogP contribution >= 0.6 is 11.6 Å². The van der Waals surface area contributed by atoms with E-state index in [1.807, 2.05) is 13.0 Å². The molecular formula is C19H22ClFN2O2. The van der Waals surface area contributed by atoms with Gasteiger partial charge in [-0.2, -0.15) is 0 Å². The molecule has 0 bridgehead atoms. The van der Waals surface area contributed by atoms with Crippen molar-refractivity contribution >= 4 is 17.6 Å². The van der Waals surface area contributed by atoms with Crippen LogP contribution in [0, 0.1) is 5.82 Å². The lowest BCUT2D eigenvalue weighted by Gasteiger charge is -2.21. The summed E-state index contributed by atoms with van der Waals surface area (Å²) in [6.45, 7) is 2.62. The Morgan fingerprint density at radius 3 is 2.76 bits per heavy atom. The lowest BCUT2D eigenvalue weighted by Crippen LogP contribution is -2.44. The largest absolute Gasteiger partial charge is 0.492 e. The molecule has 2 aromatic rings. The second kappa shape index (κ2) is 9.28. The first kappa shape index (κ1) is 19.1. The van der Waals surface area contributed by atoms with Gasteiger partial charge in [0.25, 0.3) is 0 Å². The molecule has 2 amide bonds.